The molecule has 162 valence electrons. The first-order valence-corrected chi connectivity index (χ1v) is 10.0. The minimum Gasteiger partial charge on any atom is -0.493 e. The van der Waals surface area contributed by atoms with Crippen LogP contribution in [0.15, 0.2) is 53.1 Å². The second-order valence-corrected chi connectivity index (χ2v) is 7.15. The van der Waals surface area contributed by atoms with Crippen molar-refractivity contribution < 1.29 is 23.2 Å². The van der Waals surface area contributed by atoms with Crippen LogP contribution in [0.2, 0.25) is 0 Å². The Labute approximate surface area is 179 Å². The van der Waals surface area contributed by atoms with E-state index in [4.69, 9.17) is 14.0 Å². The number of anilines is 2. The SMILES string of the molecule is Cc1cc(Nc2cccc(C3CN(C(=O)CCOc4cccc(F)c4)CCO3)n2)no1. The summed E-state index contributed by atoms with van der Waals surface area (Å²) in [4.78, 5) is 18.9. The average Bonchev–Trinajstić information content (AvgIpc) is 3.18. The van der Waals surface area contributed by atoms with Gasteiger partial charge in [-0.15, -0.1) is 0 Å². The fraction of sp³-hybridized carbons (Fsp3) is 0.318. The Morgan fingerprint density at radius 1 is 1.26 bits per heavy atom. The van der Waals surface area contributed by atoms with Crippen LogP contribution in [-0.4, -0.2) is 47.3 Å². The molecule has 0 bridgehead atoms. The average molecular weight is 426 g/mol. The van der Waals surface area contributed by atoms with Gasteiger partial charge in [-0.25, -0.2) is 9.37 Å². The molecular weight excluding hydrogens is 403 g/mol. The van der Waals surface area contributed by atoms with Gasteiger partial charge in [0, 0.05) is 18.7 Å². The summed E-state index contributed by atoms with van der Waals surface area (Å²) in [5.41, 5.74) is 0.721. The van der Waals surface area contributed by atoms with E-state index in [0.717, 1.165) is 5.69 Å². The molecule has 1 N–H and O–H groups in total. The van der Waals surface area contributed by atoms with E-state index >= 15 is 0 Å². The van der Waals surface area contributed by atoms with Gasteiger partial charge in [-0.2, -0.15) is 0 Å². The molecule has 0 spiro atoms. The Morgan fingerprint density at radius 3 is 2.94 bits per heavy atom. The fourth-order valence-corrected chi connectivity index (χ4v) is 3.28. The number of rotatable bonds is 7. The number of carbonyl (C=O) groups is 1. The smallest absolute Gasteiger partial charge is 0.226 e. The Kier molecular flexibility index (Phi) is 6.42. The molecule has 4 rings (SSSR count). The second kappa shape index (κ2) is 9.57. The number of hydrogen-bond acceptors (Lipinski definition) is 7. The van der Waals surface area contributed by atoms with E-state index in [0.29, 0.717) is 42.8 Å². The summed E-state index contributed by atoms with van der Waals surface area (Å²) < 4.78 is 29.6. The topological polar surface area (TPSA) is 89.7 Å². The molecule has 8 nitrogen and oxygen atoms in total. The summed E-state index contributed by atoms with van der Waals surface area (Å²) in [7, 11) is 0. The van der Waals surface area contributed by atoms with Gasteiger partial charge >= 0.3 is 0 Å². The number of nitrogens with one attached hydrogen (secondary N) is 1. The molecule has 0 saturated carbocycles. The third-order valence-electron chi connectivity index (χ3n) is 4.78. The Bertz CT molecular complexity index is 1040. The predicted molar refractivity (Wildman–Crippen MR) is 111 cm³/mol. The molecule has 1 aliphatic heterocycles. The zero-order chi connectivity index (χ0) is 21.6. The van der Waals surface area contributed by atoms with E-state index in [1.165, 1.54) is 12.1 Å². The van der Waals surface area contributed by atoms with Crippen LogP contribution in [0.25, 0.3) is 0 Å². The summed E-state index contributed by atoms with van der Waals surface area (Å²) >= 11 is 0. The van der Waals surface area contributed by atoms with Crippen molar-refractivity contribution in [3.8, 4) is 5.75 Å². The standard InChI is InChI=1S/C22H23FN4O4/c1-15-12-21(26-31-15)25-20-7-3-6-18(24-20)19-14-27(9-11-30-19)22(28)8-10-29-17-5-2-4-16(23)13-17/h2-7,12-13,19H,8-11,14H2,1H3,(H,24,25,26). The number of ether oxygens (including phenoxy) is 2. The van der Waals surface area contributed by atoms with Crippen molar-refractivity contribution in [2.75, 3.05) is 31.6 Å². The first-order valence-electron chi connectivity index (χ1n) is 10.0. The van der Waals surface area contributed by atoms with E-state index in [-0.39, 0.29) is 30.9 Å². The monoisotopic (exact) mass is 426 g/mol. The van der Waals surface area contributed by atoms with Crippen LogP contribution >= 0.6 is 0 Å². The van der Waals surface area contributed by atoms with Crippen molar-refractivity contribution in [1.29, 1.82) is 0 Å². The molecule has 3 aromatic rings. The van der Waals surface area contributed by atoms with Crippen LogP contribution in [0.5, 0.6) is 5.75 Å². The van der Waals surface area contributed by atoms with Crippen LogP contribution in [0.4, 0.5) is 16.0 Å². The lowest BCUT2D eigenvalue weighted by atomic mass is 10.1. The number of benzene rings is 1. The molecule has 1 aliphatic rings. The van der Waals surface area contributed by atoms with Crippen LogP contribution in [0, 0.1) is 12.7 Å². The molecule has 1 saturated heterocycles. The molecule has 1 unspecified atom stereocenters. The minimum absolute atomic E-state index is 0.0444. The van der Waals surface area contributed by atoms with E-state index < -0.39 is 0 Å². The van der Waals surface area contributed by atoms with Gasteiger partial charge in [0.2, 0.25) is 5.91 Å². The third-order valence-corrected chi connectivity index (χ3v) is 4.78. The van der Waals surface area contributed by atoms with Crippen molar-refractivity contribution >= 4 is 17.5 Å². The summed E-state index contributed by atoms with van der Waals surface area (Å²) in [5, 5.41) is 6.99. The predicted octanol–water partition coefficient (Wildman–Crippen LogP) is 3.63. The molecular formula is C22H23FN4O4. The Balaban J connectivity index is 1.32. The van der Waals surface area contributed by atoms with E-state index in [9.17, 15) is 9.18 Å². The molecule has 3 heterocycles. The molecule has 0 aliphatic carbocycles. The van der Waals surface area contributed by atoms with Gasteiger partial charge in [0.25, 0.3) is 0 Å². The summed E-state index contributed by atoms with van der Waals surface area (Å²) in [6.07, 6.45) is -0.133. The lowest BCUT2D eigenvalue weighted by Crippen LogP contribution is -2.42. The second-order valence-electron chi connectivity index (χ2n) is 7.15. The fourth-order valence-electron chi connectivity index (χ4n) is 3.28. The summed E-state index contributed by atoms with van der Waals surface area (Å²) in [6.45, 7) is 3.32. The maximum absolute atomic E-state index is 13.2. The number of morpholine rings is 1. The van der Waals surface area contributed by atoms with Gasteiger partial charge in [-0.05, 0) is 31.2 Å². The number of hydrogen-bond donors (Lipinski definition) is 1. The molecule has 1 fully saturated rings. The van der Waals surface area contributed by atoms with Gasteiger partial charge in [-0.3, -0.25) is 4.79 Å². The first-order chi connectivity index (χ1) is 15.1. The van der Waals surface area contributed by atoms with Gasteiger partial charge < -0.3 is 24.2 Å². The third kappa shape index (κ3) is 5.58. The van der Waals surface area contributed by atoms with Crippen LogP contribution in [-0.2, 0) is 9.53 Å². The molecule has 31 heavy (non-hydrogen) atoms. The van der Waals surface area contributed by atoms with E-state index in [1.54, 1.807) is 23.1 Å². The van der Waals surface area contributed by atoms with Crippen LogP contribution < -0.4 is 10.1 Å². The van der Waals surface area contributed by atoms with Gasteiger partial charge in [-0.1, -0.05) is 17.3 Å². The Morgan fingerprint density at radius 2 is 2.13 bits per heavy atom. The minimum atomic E-state index is -0.372. The number of carbonyl (C=O) groups excluding carboxylic acids is 1. The highest BCUT2D eigenvalue weighted by Crippen LogP contribution is 2.23. The molecule has 0 radical (unpaired) electrons. The van der Waals surface area contributed by atoms with Crippen molar-refractivity contribution in [2.24, 2.45) is 0 Å². The molecule has 1 amide bonds. The zero-order valence-corrected chi connectivity index (χ0v) is 17.1. The maximum atomic E-state index is 13.2. The normalized spacial score (nSPS) is 16.2. The lowest BCUT2D eigenvalue weighted by Gasteiger charge is -2.32. The number of pyridine rings is 1. The lowest BCUT2D eigenvalue weighted by molar-refractivity contribution is -0.139. The van der Waals surface area contributed by atoms with Crippen LogP contribution in [0.3, 0.4) is 0 Å². The molecule has 1 atom stereocenters. The summed E-state index contributed by atoms with van der Waals surface area (Å²) in [6, 6.07) is 13.2. The van der Waals surface area contributed by atoms with E-state index in [1.807, 2.05) is 25.1 Å². The van der Waals surface area contributed by atoms with Crippen LogP contribution in [0.1, 0.15) is 24.0 Å². The van der Waals surface area contributed by atoms with Crippen molar-refractivity contribution in [3.05, 3.63) is 65.8 Å². The maximum Gasteiger partial charge on any atom is 0.226 e. The highest BCUT2D eigenvalue weighted by Gasteiger charge is 2.26. The van der Waals surface area contributed by atoms with Crippen molar-refractivity contribution in [1.82, 2.24) is 15.0 Å². The summed E-state index contributed by atoms with van der Waals surface area (Å²) in [5.74, 6) is 1.87. The highest BCUT2D eigenvalue weighted by molar-refractivity contribution is 5.76. The van der Waals surface area contributed by atoms with E-state index in [2.05, 4.69) is 15.5 Å². The quantitative estimate of drug-likeness (QED) is 0.617. The van der Waals surface area contributed by atoms with Gasteiger partial charge in [0.05, 0.1) is 31.9 Å². The largest absolute Gasteiger partial charge is 0.493 e. The Hall–Kier alpha value is -3.46. The van der Waals surface area contributed by atoms with Gasteiger partial charge in [0.1, 0.15) is 29.2 Å². The molecule has 1 aromatic carbocycles. The highest BCUT2D eigenvalue weighted by atomic mass is 19.1. The molecule has 2 aromatic heterocycles. The van der Waals surface area contributed by atoms with Crippen molar-refractivity contribution in [2.45, 2.75) is 19.4 Å². The number of nitrogens with zero attached hydrogens (tertiary/aromatic N) is 3. The zero-order valence-electron chi connectivity index (χ0n) is 17.1. The number of aryl methyl sites for hydroxylation is 1. The number of halogens is 1. The van der Waals surface area contributed by atoms with Crippen molar-refractivity contribution in [3.63, 3.8) is 0 Å². The number of aromatic nitrogens is 2. The molecule has 9 heteroatoms. The first kappa shape index (κ1) is 20.8. The number of amides is 1. The van der Waals surface area contributed by atoms with Gasteiger partial charge in [0.15, 0.2) is 5.82 Å².